The summed E-state index contributed by atoms with van der Waals surface area (Å²) in [6, 6.07) is 0.566. The minimum atomic E-state index is 0.566. The molecule has 0 bridgehead atoms. The Morgan fingerprint density at radius 1 is 1.38 bits per heavy atom. The van der Waals surface area contributed by atoms with E-state index in [1.54, 1.807) is 0 Å². The zero-order valence-electron chi connectivity index (χ0n) is 9.66. The second kappa shape index (κ2) is 3.45. The number of rotatable bonds is 1. The van der Waals surface area contributed by atoms with Crippen LogP contribution >= 0.6 is 12.2 Å². The van der Waals surface area contributed by atoms with Crippen LogP contribution in [-0.2, 0) is 7.05 Å². The van der Waals surface area contributed by atoms with Gasteiger partial charge in [0.15, 0.2) is 10.4 Å². The van der Waals surface area contributed by atoms with E-state index in [1.165, 1.54) is 25.7 Å². The molecule has 1 saturated carbocycles. The Hall–Kier alpha value is -1.10. The van der Waals surface area contributed by atoms with Gasteiger partial charge in [-0.05, 0) is 32.0 Å². The van der Waals surface area contributed by atoms with E-state index in [0.717, 1.165) is 21.6 Å². The molecule has 1 N–H and O–H groups in total. The van der Waals surface area contributed by atoms with E-state index in [1.807, 2.05) is 18.7 Å². The molecule has 2 aromatic heterocycles. The Kier molecular flexibility index (Phi) is 2.17. The van der Waals surface area contributed by atoms with Crippen molar-refractivity contribution >= 4 is 23.4 Å². The summed E-state index contributed by atoms with van der Waals surface area (Å²) in [5.41, 5.74) is 3.27. The highest BCUT2D eigenvalue weighted by atomic mass is 32.1. The van der Waals surface area contributed by atoms with Crippen molar-refractivity contribution in [1.82, 2.24) is 19.3 Å². The Morgan fingerprint density at radius 3 is 2.75 bits per heavy atom. The predicted octanol–water partition coefficient (Wildman–Crippen LogP) is 2.86. The van der Waals surface area contributed by atoms with E-state index in [4.69, 9.17) is 12.2 Å². The lowest BCUT2D eigenvalue weighted by Gasteiger charge is -2.12. The van der Waals surface area contributed by atoms with Crippen molar-refractivity contribution in [3.8, 4) is 0 Å². The van der Waals surface area contributed by atoms with Gasteiger partial charge in [-0.1, -0.05) is 12.8 Å². The van der Waals surface area contributed by atoms with Gasteiger partial charge in [0, 0.05) is 13.1 Å². The molecule has 1 fully saturated rings. The predicted molar refractivity (Wildman–Crippen MR) is 66.1 cm³/mol. The van der Waals surface area contributed by atoms with Crippen LogP contribution < -0.4 is 0 Å². The van der Waals surface area contributed by atoms with Crippen LogP contribution in [0.3, 0.4) is 0 Å². The number of aromatic nitrogens is 4. The van der Waals surface area contributed by atoms with Gasteiger partial charge in [0.2, 0.25) is 0 Å². The van der Waals surface area contributed by atoms with Crippen molar-refractivity contribution in [3.63, 3.8) is 0 Å². The van der Waals surface area contributed by atoms with Crippen LogP contribution in [0.15, 0.2) is 0 Å². The van der Waals surface area contributed by atoms with Gasteiger partial charge in [-0.2, -0.15) is 5.10 Å². The van der Waals surface area contributed by atoms with E-state index in [2.05, 4.69) is 14.6 Å². The monoisotopic (exact) mass is 236 g/mol. The number of imidazole rings is 1. The molecule has 0 aliphatic heterocycles. The molecular weight excluding hydrogens is 220 g/mol. The molecule has 0 unspecified atom stereocenters. The number of nitrogens with zero attached hydrogens (tertiary/aromatic N) is 3. The molecule has 3 rings (SSSR count). The lowest BCUT2D eigenvalue weighted by Crippen LogP contribution is -2.07. The van der Waals surface area contributed by atoms with Gasteiger partial charge in [0.05, 0.1) is 5.69 Å². The summed E-state index contributed by atoms with van der Waals surface area (Å²) in [4.78, 5) is 3.29. The second-order valence-electron chi connectivity index (χ2n) is 4.65. The number of aryl methyl sites for hydroxylation is 2. The first-order valence-electron chi connectivity index (χ1n) is 5.82. The third-order valence-electron chi connectivity index (χ3n) is 3.56. The molecule has 1 aliphatic carbocycles. The Labute approximate surface area is 99.3 Å². The van der Waals surface area contributed by atoms with E-state index in [0.29, 0.717) is 6.04 Å². The second-order valence-corrected chi connectivity index (χ2v) is 5.03. The van der Waals surface area contributed by atoms with E-state index < -0.39 is 0 Å². The van der Waals surface area contributed by atoms with Crippen molar-refractivity contribution in [2.24, 2.45) is 7.05 Å². The molecule has 0 radical (unpaired) electrons. The lowest BCUT2D eigenvalue weighted by molar-refractivity contribution is 0.514. The SMILES string of the molecule is Cc1nn(C)c2c1[nH]c(=S)n2C1CCCC1. The van der Waals surface area contributed by atoms with Crippen molar-refractivity contribution in [2.75, 3.05) is 0 Å². The van der Waals surface area contributed by atoms with Gasteiger partial charge in [-0.25, -0.2) is 0 Å². The topological polar surface area (TPSA) is 38.5 Å². The zero-order valence-corrected chi connectivity index (χ0v) is 10.5. The average Bonchev–Trinajstić information content (AvgIpc) is 2.87. The van der Waals surface area contributed by atoms with Crippen LogP contribution in [0.2, 0.25) is 0 Å². The molecule has 5 heteroatoms. The molecule has 0 spiro atoms. The minimum Gasteiger partial charge on any atom is -0.328 e. The average molecular weight is 236 g/mol. The van der Waals surface area contributed by atoms with E-state index >= 15 is 0 Å². The number of fused-ring (bicyclic) bond motifs is 1. The van der Waals surface area contributed by atoms with E-state index in [9.17, 15) is 0 Å². The largest absolute Gasteiger partial charge is 0.328 e. The number of nitrogens with one attached hydrogen (secondary N) is 1. The summed E-state index contributed by atoms with van der Waals surface area (Å²) in [6.45, 7) is 2.02. The number of H-pyrrole nitrogens is 1. The fraction of sp³-hybridized carbons (Fsp3) is 0.636. The van der Waals surface area contributed by atoms with Crippen molar-refractivity contribution in [3.05, 3.63) is 10.5 Å². The summed E-state index contributed by atoms with van der Waals surface area (Å²) in [6.07, 6.45) is 5.11. The lowest BCUT2D eigenvalue weighted by atomic mass is 10.2. The van der Waals surface area contributed by atoms with Gasteiger partial charge >= 0.3 is 0 Å². The summed E-state index contributed by atoms with van der Waals surface area (Å²) in [5, 5.41) is 4.44. The smallest absolute Gasteiger partial charge is 0.179 e. The standard InChI is InChI=1S/C11H16N4S/c1-7-9-10(14(2)13-7)15(11(16)12-9)8-5-3-4-6-8/h8H,3-6H2,1-2H3,(H,12,16). The van der Waals surface area contributed by atoms with Crippen molar-refractivity contribution in [1.29, 1.82) is 0 Å². The maximum atomic E-state index is 5.43. The first-order chi connectivity index (χ1) is 7.68. The van der Waals surface area contributed by atoms with Gasteiger partial charge in [0.25, 0.3) is 0 Å². The maximum absolute atomic E-state index is 5.43. The highest BCUT2D eigenvalue weighted by Crippen LogP contribution is 2.32. The third-order valence-corrected chi connectivity index (χ3v) is 3.86. The van der Waals surface area contributed by atoms with Crippen LogP contribution in [0.1, 0.15) is 37.4 Å². The molecule has 4 nitrogen and oxygen atoms in total. The van der Waals surface area contributed by atoms with Gasteiger partial charge < -0.3 is 4.98 Å². The molecule has 0 saturated heterocycles. The maximum Gasteiger partial charge on any atom is 0.179 e. The summed E-state index contributed by atoms with van der Waals surface area (Å²) in [7, 11) is 1.99. The molecule has 2 heterocycles. The van der Waals surface area contributed by atoms with Crippen molar-refractivity contribution in [2.45, 2.75) is 38.6 Å². The molecule has 86 valence electrons. The molecule has 1 aliphatic rings. The van der Waals surface area contributed by atoms with Crippen LogP contribution in [-0.4, -0.2) is 19.3 Å². The van der Waals surface area contributed by atoms with Gasteiger partial charge in [-0.15, -0.1) is 0 Å². The molecule has 0 aromatic carbocycles. The molecule has 0 amide bonds. The molecular formula is C11H16N4S. The summed E-state index contributed by atoms with van der Waals surface area (Å²) in [5.74, 6) is 0. The Balaban J connectivity index is 2.29. The highest BCUT2D eigenvalue weighted by Gasteiger charge is 2.22. The highest BCUT2D eigenvalue weighted by molar-refractivity contribution is 7.71. The normalized spacial score (nSPS) is 17.6. The number of hydrogen-bond donors (Lipinski definition) is 1. The fourth-order valence-electron chi connectivity index (χ4n) is 2.83. The first kappa shape index (κ1) is 10.1. The van der Waals surface area contributed by atoms with E-state index in [-0.39, 0.29) is 0 Å². The molecule has 0 atom stereocenters. The fourth-order valence-corrected chi connectivity index (χ4v) is 3.17. The quantitative estimate of drug-likeness (QED) is 0.773. The molecule has 2 aromatic rings. The Bertz CT molecular complexity index is 583. The Morgan fingerprint density at radius 2 is 2.06 bits per heavy atom. The molecule has 16 heavy (non-hydrogen) atoms. The zero-order chi connectivity index (χ0) is 11.3. The summed E-state index contributed by atoms with van der Waals surface area (Å²) >= 11 is 5.43. The minimum absolute atomic E-state index is 0.566. The van der Waals surface area contributed by atoms with Gasteiger partial charge in [-0.3, -0.25) is 9.25 Å². The number of hydrogen-bond acceptors (Lipinski definition) is 2. The summed E-state index contributed by atoms with van der Waals surface area (Å²) < 4.78 is 5.05. The number of aromatic amines is 1. The first-order valence-corrected chi connectivity index (χ1v) is 6.23. The van der Waals surface area contributed by atoms with Crippen LogP contribution in [0.25, 0.3) is 11.2 Å². The van der Waals surface area contributed by atoms with Crippen LogP contribution in [0, 0.1) is 11.7 Å². The van der Waals surface area contributed by atoms with Gasteiger partial charge in [0.1, 0.15) is 5.52 Å². The van der Waals surface area contributed by atoms with Crippen LogP contribution in [0.5, 0.6) is 0 Å². The van der Waals surface area contributed by atoms with Crippen molar-refractivity contribution < 1.29 is 0 Å². The van der Waals surface area contributed by atoms with Crippen LogP contribution in [0.4, 0.5) is 0 Å². The third kappa shape index (κ3) is 1.27.